The summed E-state index contributed by atoms with van der Waals surface area (Å²) in [5, 5.41) is 0. The maximum atomic E-state index is 6.44. The van der Waals surface area contributed by atoms with Crippen molar-refractivity contribution in [3.63, 3.8) is 0 Å². The Balaban J connectivity index is 1.94. The molecule has 0 spiro atoms. The molecule has 0 bridgehead atoms. The van der Waals surface area contributed by atoms with Crippen molar-refractivity contribution in [1.82, 2.24) is 4.90 Å². The Kier molecular flexibility index (Phi) is 4.94. The molecule has 1 aliphatic heterocycles. The molecule has 1 heterocycles. The van der Waals surface area contributed by atoms with Gasteiger partial charge in [0.2, 0.25) is 0 Å². The largest absolute Gasteiger partial charge is 0.326 e. The van der Waals surface area contributed by atoms with E-state index >= 15 is 0 Å². The third-order valence-corrected chi connectivity index (χ3v) is 5.58. The van der Waals surface area contributed by atoms with Crippen LogP contribution in [0, 0.1) is 17.3 Å². The van der Waals surface area contributed by atoms with E-state index in [1.165, 1.54) is 51.6 Å². The molecule has 2 aliphatic rings. The molecule has 2 rings (SSSR count). The molecule has 4 atom stereocenters. The number of nitrogens with zero attached hydrogens (tertiary/aromatic N) is 1. The quantitative estimate of drug-likeness (QED) is 0.845. The summed E-state index contributed by atoms with van der Waals surface area (Å²) in [7, 11) is 0. The standard InChI is InChI=1S/C17H34N2/c1-5-6-13-9-10-19(12-13)16-11-14(17(2,3)4)7-8-15(16)18/h13-16H,5-12,18H2,1-4H3. The van der Waals surface area contributed by atoms with Gasteiger partial charge >= 0.3 is 0 Å². The van der Waals surface area contributed by atoms with Gasteiger partial charge in [-0.15, -0.1) is 0 Å². The highest BCUT2D eigenvalue weighted by molar-refractivity contribution is 4.94. The lowest BCUT2D eigenvalue weighted by atomic mass is 9.69. The van der Waals surface area contributed by atoms with Crippen LogP contribution < -0.4 is 5.73 Å². The number of hydrogen-bond donors (Lipinski definition) is 1. The number of rotatable bonds is 3. The van der Waals surface area contributed by atoms with Gasteiger partial charge in [0, 0.05) is 18.6 Å². The monoisotopic (exact) mass is 266 g/mol. The van der Waals surface area contributed by atoms with Gasteiger partial charge in [0.15, 0.2) is 0 Å². The Morgan fingerprint density at radius 3 is 2.53 bits per heavy atom. The molecule has 1 saturated heterocycles. The van der Waals surface area contributed by atoms with E-state index in [0.29, 0.717) is 17.5 Å². The Labute approximate surface area is 120 Å². The first kappa shape index (κ1) is 15.3. The molecule has 0 aromatic heterocycles. The summed E-state index contributed by atoms with van der Waals surface area (Å²) >= 11 is 0. The maximum Gasteiger partial charge on any atom is 0.0250 e. The minimum Gasteiger partial charge on any atom is -0.326 e. The zero-order chi connectivity index (χ0) is 14.0. The van der Waals surface area contributed by atoms with Crippen LogP contribution in [0.25, 0.3) is 0 Å². The molecule has 0 radical (unpaired) electrons. The predicted molar refractivity (Wildman–Crippen MR) is 83.1 cm³/mol. The predicted octanol–water partition coefficient (Wildman–Crippen LogP) is 3.65. The van der Waals surface area contributed by atoms with Crippen LogP contribution >= 0.6 is 0 Å². The van der Waals surface area contributed by atoms with Gasteiger partial charge in [-0.2, -0.15) is 0 Å². The van der Waals surface area contributed by atoms with Crippen molar-refractivity contribution in [2.24, 2.45) is 23.0 Å². The van der Waals surface area contributed by atoms with Gasteiger partial charge in [0.1, 0.15) is 0 Å². The summed E-state index contributed by atoms with van der Waals surface area (Å²) in [5.74, 6) is 1.79. The average Bonchev–Trinajstić information content (AvgIpc) is 2.77. The average molecular weight is 266 g/mol. The number of hydrogen-bond acceptors (Lipinski definition) is 2. The molecule has 0 aromatic rings. The van der Waals surface area contributed by atoms with E-state index in [9.17, 15) is 0 Å². The van der Waals surface area contributed by atoms with Crippen molar-refractivity contribution in [1.29, 1.82) is 0 Å². The van der Waals surface area contributed by atoms with E-state index in [1.807, 2.05) is 0 Å². The molecule has 1 aliphatic carbocycles. The van der Waals surface area contributed by atoms with Crippen LogP contribution in [0.2, 0.25) is 0 Å². The Hall–Kier alpha value is -0.0800. The Bertz CT molecular complexity index is 281. The fourth-order valence-electron chi connectivity index (χ4n) is 4.18. The Morgan fingerprint density at radius 1 is 1.16 bits per heavy atom. The van der Waals surface area contributed by atoms with Crippen LogP contribution in [0.3, 0.4) is 0 Å². The van der Waals surface area contributed by atoms with Crippen molar-refractivity contribution in [3.05, 3.63) is 0 Å². The first-order chi connectivity index (χ1) is 8.91. The second kappa shape index (κ2) is 6.13. The SMILES string of the molecule is CCCC1CCN(C2CC(C(C)(C)C)CCC2N)C1. The summed E-state index contributed by atoms with van der Waals surface area (Å²) in [4.78, 5) is 2.73. The molecular formula is C17H34N2. The van der Waals surface area contributed by atoms with E-state index in [0.717, 1.165) is 11.8 Å². The highest BCUT2D eigenvalue weighted by Crippen LogP contribution is 2.40. The highest BCUT2D eigenvalue weighted by atomic mass is 15.2. The highest BCUT2D eigenvalue weighted by Gasteiger charge is 2.39. The molecule has 2 fully saturated rings. The molecule has 2 heteroatoms. The molecule has 19 heavy (non-hydrogen) atoms. The minimum absolute atomic E-state index is 0.416. The van der Waals surface area contributed by atoms with Gasteiger partial charge < -0.3 is 5.73 Å². The molecular weight excluding hydrogens is 232 g/mol. The van der Waals surface area contributed by atoms with Crippen LogP contribution in [0.15, 0.2) is 0 Å². The van der Waals surface area contributed by atoms with E-state index in [4.69, 9.17) is 5.73 Å². The van der Waals surface area contributed by atoms with E-state index in [1.54, 1.807) is 0 Å². The van der Waals surface area contributed by atoms with Crippen LogP contribution in [-0.4, -0.2) is 30.1 Å². The second-order valence-electron chi connectivity index (χ2n) is 8.05. The zero-order valence-corrected chi connectivity index (χ0v) is 13.5. The van der Waals surface area contributed by atoms with Crippen molar-refractivity contribution in [2.45, 2.75) is 78.3 Å². The minimum atomic E-state index is 0.416. The van der Waals surface area contributed by atoms with Crippen LogP contribution in [0.4, 0.5) is 0 Å². The van der Waals surface area contributed by atoms with Crippen LogP contribution in [-0.2, 0) is 0 Å². The summed E-state index contributed by atoms with van der Waals surface area (Å²) in [6.45, 7) is 12.1. The molecule has 1 saturated carbocycles. The van der Waals surface area contributed by atoms with Crippen molar-refractivity contribution in [3.8, 4) is 0 Å². The molecule has 2 nitrogen and oxygen atoms in total. The second-order valence-corrected chi connectivity index (χ2v) is 8.05. The van der Waals surface area contributed by atoms with Gasteiger partial charge in [-0.1, -0.05) is 34.1 Å². The smallest absolute Gasteiger partial charge is 0.0250 e. The third kappa shape index (κ3) is 3.72. The van der Waals surface area contributed by atoms with Gasteiger partial charge in [-0.05, 0) is 55.9 Å². The Morgan fingerprint density at radius 2 is 1.89 bits per heavy atom. The van der Waals surface area contributed by atoms with E-state index in [-0.39, 0.29) is 0 Å². The van der Waals surface area contributed by atoms with E-state index < -0.39 is 0 Å². The van der Waals surface area contributed by atoms with Gasteiger partial charge in [0.25, 0.3) is 0 Å². The normalized spacial score (nSPS) is 37.7. The van der Waals surface area contributed by atoms with Crippen LogP contribution in [0.5, 0.6) is 0 Å². The summed E-state index contributed by atoms with van der Waals surface area (Å²) in [6, 6.07) is 1.07. The van der Waals surface area contributed by atoms with Gasteiger partial charge in [0.05, 0.1) is 0 Å². The zero-order valence-electron chi connectivity index (χ0n) is 13.5. The number of nitrogens with two attached hydrogens (primary N) is 1. The van der Waals surface area contributed by atoms with Gasteiger partial charge in [-0.3, -0.25) is 4.90 Å². The fourth-order valence-corrected chi connectivity index (χ4v) is 4.18. The third-order valence-electron chi connectivity index (χ3n) is 5.58. The maximum absolute atomic E-state index is 6.44. The summed E-state index contributed by atoms with van der Waals surface area (Å²) in [6.07, 6.45) is 8.01. The van der Waals surface area contributed by atoms with E-state index in [2.05, 4.69) is 32.6 Å². The topological polar surface area (TPSA) is 29.3 Å². The molecule has 4 unspecified atom stereocenters. The fraction of sp³-hybridized carbons (Fsp3) is 1.00. The molecule has 2 N–H and O–H groups in total. The van der Waals surface area contributed by atoms with Crippen LogP contribution in [0.1, 0.15) is 66.2 Å². The van der Waals surface area contributed by atoms with Crippen molar-refractivity contribution >= 4 is 0 Å². The first-order valence-electron chi connectivity index (χ1n) is 8.41. The molecule has 0 amide bonds. The van der Waals surface area contributed by atoms with Crippen molar-refractivity contribution < 1.29 is 0 Å². The lowest BCUT2D eigenvalue weighted by Gasteiger charge is -2.44. The molecule has 112 valence electrons. The lowest BCUT2D eigenvalue weighted by Crippen LogP contribution is -2.51. The van der Waals surface area contributed by atoms with Gasteiger partial charge in [-0.25, -0.2) is 0 Å². The lowest BCUT2D eigenvalue weighted by molar-refractivity contribution is 0.0809. The molecule has 0 aromatic carbocycles. The number of likely N-dealkylation sites (tertiary alicyclic amines) is 1. The summed E-state index contributed by atoms with van der Waals surface area (Å²) < 4.78 is 0. The van der Waals surface area contributed by atoms with Crippen molar-refractivity contribution in [2.75, 3.05) is 13.1 Å². The first-order valence-corrected chi connectivity index (χ1v) is 8.41. The summed E-state index contributed by atoms with van der Waals surface area (Å²) in [5.41, 5.74) is 6.89.